The minimum Gasteiger partial charge on any atom is -0.383 e. The van der Waals surface area contributed by atoms with Gasteiger partial charge in [0, 0.05) is 17.1 Å². The predicted octanol–water partition coefficient (Wildman–Crippen LogP) is 5.19. The number of halogens is 2. The number of fused-ring (bicyclic) bond motifs is 1. The Morgan fingerprint density at radius 2 is 1.79 bits per heavy atom. The van der Waals surface area contributed by atoms with Gasteiger partial charge < -0.3 is 11.1 Å². The van der Waals surface area contributed by atoms with Crippen LogP contribution in [-0.4, -0.2) is 26.3 Å². The maximum absolute atomic E-state index is 6.51. The Morgan fingerprint density at radius 1 is 1.03 bits per heavy atom. The molecule has 0 radical (unpaired) electrons. The van der Waals surface area contributed by atoms with Gasteiger partial charge in [0.25, 0.3) is 0 Å². The molecule has 1 aliphatic carbocycles. The Bertz CT molecular complexity index is 1200. The smallest absolute Gasteiger partial charge is 0.225 e. The van der Waals surface area contributed by atoms with Crippen molar-refractivity contribution in [1.29, 1.82) is 0 Å². The van der Waals surface area contributed by atoms with Crippen LogP contribution in [0.3, 0.4) is 0 Å². The van der Waals surface area contributed by atoms with Crippen LogP contribution in [0.25, 0.3) is 28.0 Å². The number of rotatable bonds is 5. The average Bonchev–Trinajstić information content (AvgIpc) is 3.50. The van der Waals surface area contributed by atoms with E-state index in [0.717, 1.165) is 12.1 Å². The zero-order valence-electron chi connectivity index (χ0n) is 15.4. The molecule has 146 valence electrons. The zero-order valence-corrected chi connectivity index (χ0v) is 17.0. The van der Waals surface area contributed by atoms with Crippen molar-refractivity contribution in [3.63, 3.8) is 0 Å². The van der Waals surface area contributed by atoms with E-state index < -0.39 is 0 Å². The minimum absolute atomic E-state index is 0.437. The highest BCUT2D eigenvalue weighted by molar-refractivity contribution is 6.32. The van der Waals surface area contributed by atoms with Gasteiger partial charge in [-0.2, -0.15) is 4.98 Å². The monoisotopic (exact) mass is 424 g/mol. The molecule has 0 unspecified atom stereocenters. The Labute approximate surface area is 177 Å². The van der Waals surface area contributed by atoms with Crippen LogP contribution in [0, 0.1) is 5.92 Å². The molecule has 1 aliphatic rings. The van der Waals surface area contributed by atoms with Crippen LogP contribution in [0.4, 0.5) is 11.8 Å². The topological polar surface area (TPSA) is 81.7 Å². The molecule has 5 rings (SSSR count). The number of nitrogens with one attached hydrogen (secondary N) is 1. The maximum Gasteiger partial charge on any atom is 0.225 e. The molecular weight excluding hydrogens is 407 g/mol. The number of hydrogen-bond donors (Lipinski definition) is 2. The fourth-order valence-electron chi connectivity index (χ4n) is 3.27. The molecule has 8 heteroatoms. The highest BCUT2D eigenvalue weighted by atomic mass is 35.5. The summed E-state index contributed by atoms with van der Waals surface area (Å²) in [6, 6.07) is 14.9. The Balaban J connectivity index is 1.71. The molecular formula is C21H18Cl2N6. The van der Waals surface area contributed by atoms with Crippen LogP contribution in [0.5, 0.6) is 0 Å². The number of para-hydroxylation sites is 1. The number of nitrogens with two attached hydrogens (primary N) is 1. The van der Waals surface area contributed by atoms with Gasteiger partial charge in [-0.3, -0.25) is 0 Å². The van der Waals surface area contributed by atoms with E-state index in [1.807, 2.05) is 42.5 Å². The van der Waals surface area contributed by atoms with Gasteiger partial charge in [-0.15, -0.1) is 5.10 Å². The van der Waals surface area contributed by atoms with E-state index in [0.29, 0.717) is 50.1 Å². The van der Waals surface area contributed by atoms with Crippen LogP contribution in [-0.2, 0) is 0 Å². The van der Waals surface area contributed by atoms with Crippen LogP contribution in [0.15, 0.2) is 48.5 Å². The van der Waals surface area contributed by atoms with Crippen molar-refractivity contribution in [3.8, 4) is 16.9 Å². The SMILES string of the molecule is Nc1c2c(-c3ccc(Cl)cc3)nc(NCC3CC3)nc2nn1-c1ccccc1Cl. The number of aromatic nitrogens is 4. The van der Waals surface area contributed by atoms with Gasteiger partial charge in [-0.1, -0.05) is 47.5 Å². The summed E-state index contributed by atoms with van der Waals surface area (Å²) in [6.07, 6.45) is 2.49. The third-order valence-corrected chi connectivity index (χ3v) is 5.58. The summed E-state index contributed by atoms with van der Waals surface area (Å²) in [5.41, 5.74) is 9.31. The second kappa shape index (κ2) is 7.21. The Hall–Kier alpha value is -2.83. The summed E-state index contributed by atoms with van der Waals surface area (Å²) in [5.74, 6) is 1.67. The first-order chi connectivity index (χ1) is 14.1. The minimum atomic E-state index is 0.437. The standard InChI is InChI=1S/C21H18Cl2N6/c22-14-9-7-13(8-10-14)18-17-19(24)29(16-4-2-1-3-15(16)23)28-20(17)27-21(26-18)25-11-12-5-6-12/h1-4,7-10,12H,5-6,11,24H2,(H,25,27,28). The van der Waals surface area contributed by atoms with Crippen molar-refractivity contribution >= 4 is 46.0 Å². The number of hydrogen-bond acceptors (Lipinski definition) is 5. The van der Waals surface area contributed by atoms with Gasteiger partial charge in [0.2, 0.25) is 5.95 Å². The van der Waals surface area contributed by atoms with Crippen LogP contribution >= 0.6 is 23.2 Å². The molecule has 0 spiro atoms. The quantitative estimate of drug-likeness (QED) is 0.460. The van der Waals surface area contributed by atoms with Gasteiger partial charge >= 0.3 is 0 Å². The molecule has 0 atom stereocenters. The first kappa shape index (κ1) is 18.2. The molecule has 4 aromatic rings. The molecule has 0 saturated heterocycles. The van der Waals surface area contributed by atoms with Crippen molar-refractivity contribution < 1.29 is 0 Å². The van der Waals surface area contributed by atoms with Crippen LogP contribution < -0.4 is 11.1 Å². The van der Waals surface area contributed by atoms with E-state index in [1.165, 1.54) is 12.8 Å². The second-order valence-corrected chi connectivity index (χ2v) is 8.02. The lowest BCUT2D eigenvalue weighted by molar-refractivity contribution is 0.872. The summed E-state index contributed by atoms with van der Waals surface area (Å²) in [4.78, 5) is 9.37. The number of nitrogens with zero attached hydrogens (tertiary/aromatic N) is 4. The molecule has 0 amide bonds. The van der Waals surface area contributed by atoms with E-state index in [9.17, 15) is 0 Å². The number of nitrogen functional groups attached to an aromatic ring is 1. The molecule has 3 N–H and O–H groups in total. The van der Waals surface area contributed by atoms with E-state index >= 15 is 0 Å². The summed E-state index contributed by atoms with van der Waals surface area (Å²) >= 11 is 12.4. The van der Waals surface area contributed by atoms with Gasteiger partial charge in [-0.05, 0) is 43.0 Å². The normalized spacial score (nSPS) is 13.7. The van der Waals surface area contributed by atoms with Crippen molar-refractivity contribution in [2.45, 2.75) is 12.8 Å². The van der Waals surface area contributed by atoms with E-state index in [2.05, 4.69) is 15.4 Å². The maximum atomic E-state index is 6.51. The lowest BCUT2D eigenvalue weighted by Gasteiger charge is -2.08. The van der Waals surface area contributed by atoms with Crippen molar-refractivity contribution in [2.24, 2.45) is 5.92 Å². The molecule has 1 fully saturated rings. The van der Waals surface area contributed by atoms with E-state index in [1.54, 1.807) is 10.7 Å². The molecule has 0 bridgehead atoms. The van der Waals surface area contributed by atoms with Gasteiger partial charge in [0.05, 0.1) is 21.8 Å². The molecule has 1 saturated carbocycles. The summed E-state index contributed by atoms with van der Waals surface area (Å²) in [5, 5.41) is 9.87. The predicted molar refractivity (Wildman–Crippen MR) is 118 cm³/mol. The molecule has 6 nitrogen and oxygen atoms in total. The third kappa shape index (κ3) is 3.50. The summed E-state index contributed by atoms with van der Waals surface area (Å²) < 4.78 is 1.62. The summed E-state index contributed by atoms with van der Waals surface area (Å²) in [7, 11) is 0. The van der Waals surface area contributed by atoms with Crippen molar-refractivity contribution in [2.75, 3.05) is 17.6 Å². The Morgan fingerprint density at radius 3 is 2.52 bits per heavy atom. The Kier molecular flexibility index (Phi) is 4.53. The molecule has 0 aliphatic heterocycles. The lowest BCUT2D eigenvalue weighted by atomic mass is 10.1. The highest BCUT2D eigenvalue weighted by Crippen LogP contribution is 2.35. The summed E-state index contributed by atoms with van der Waals surface area (Å²) in [6.45, 7) is 0.853. The largest absolute Gasteiger partial charge is 0.383 e. The van der Waals surface area contributed by atoms with Crippen molar-refractivity contribution in [3.05, 3.63) is 58.6 Å². The third-order valence-electron chi connectivity index (χ3n) is 5.01. The van der Waals surface area contributed by atoms with Gasteiger partial charge in [0.15, 0.2) is 5.65 Å². The van der Waals surface area contributed by atoms with Gasteiger partial charge in [-0.25, -0.2) is 9.67 Å². The van der Waals surface area contributed by atoms with E-state index in [-0.39, 0.29) is 0 Å². The zero-order chi connectivity index (χ0) is 20.0. The average molecular weight is 425 g/mol. The highest BCUT2D eigenvalue weighted by Gasteiger charge is 2.23. The van der Waals surface area contributed by atoms with Gasteiger partial charge in [0.1, 0.15) is 5.82 Å². The van der Waals surface area contributed by atoms with Crippen LogP contribution in [0.2, 0.25) is 10.0 Å². The lowest BCUT2D eigenvalue weighted by Crippen LogP contribution is -2.07. The second-order valence-electron chi connectivity index (χ2n) is 7.17. The van der Waals surface area contributed by atoms with Crippen LogP contribution in [0.1, 0.15) is 12.8 Å². The number of benzene rings is 2. The van der Waals surface area contributed by atoms with Crippen molar-refractivity contribution in [1.82, 2.24) is 19.7 Å². The molecule has 2 aromatic heterocycles. The van der Waals surface area contributed by atoms with E-state index in [4.69, 9.17) is 33.9 Å². The first-order valence-electron chi connectivity index (χ1n) is 9.41. The fourth-order valence-corrected chi connectivity index (χ4v) is 3.61. The molecule has 2 aromatic carbocycles. The number of anilines is 2. The first-order valence-corrected chi connectivity index (χ1v) is 10.2. The molecule has 2 heterocycles. The molecule has 29 heavy (non-hydrogen) atoms. The fraction of sp³-hybridized carbons (Fsp3) is 0.190.